The zero-order valence-corrected chi connectivity index (χ0v) is 18.7. The SMILES string of the molecule is CC(=O)N1CCC(Oc2ccc(C(=O)CCC(O)CN3CCc4ccccc4C3)cc2)C1. The number of hydrogen-bond donors (Lipinski definition) is 1. The predicted octanol–water partition coefficient (Wildman–Crippen LogP) is 3.07. The Hall–Kier alpha value is -2.70. The monoisotopic (exact) mass is 436 g/mol. The van der Waals surface area contributed by atoms with Crippen LogP contribution in [0.3, 0.4) is 0 Å². The van der Waals surface area contributed by atoms with Crippen molar-refractivity contribution in [1.82, 2.24) is 9.80 Å². The number of aliphatic hydroxyl groups excluding tert-OH is 1. The van der Waals surface area contributed by atoms with Gasteiger partial charge in [0.2, 0.25) is 5.91 Å². The van der Waals surface area contributed by atoms with Gasteiger partial charge in [0.25, 0.3) is 0 Å². The van der Waals surface area contributed by atoms with E-state index in [1.165, 1.54) is 11.1 Å². The predicted molar refractivity (Wildman–Crippen MR) is 123 cm³/mol. The second-order valence-corrected chi connectivity index (χ2v) is 8.89. The number of fused-ring (bicyclic) bond motifs is 1. The summed E-state index contributed by atoms with van der Waals surface area (Å²) in [5.41, 5.74) is 3.36. The minimum atomic E-state index is -0.515. The molecule has 4 rings (SSSR count). The molecule has 0 spiro atoms. The van der Waals surface area contributed by atoms with Gasteiger partial charge in [-0.1, -0.05) is 24.3 Å². The molecule has 1 saturated heterocycles. The molecule has 32 heavy (non-hydrogen) atoms. The third-order valence-corrected chi connectivity index (χ3v) is 6.45. The van der Waals surface area contributed by atoms with Crippen LogP contribution < -0.4 is 4.74 Å². The van der Waals surface area contributed by atoms with Gasteiger partial charge in [0.05, 0.1) is 12.6 Å². The largest absolute Gasteiger partial charge is 0.489 e. The Labute approximate surface area is 189 Å². The highest BCUT2D eigenvalue weighted by Gasteiger charge is 2.25. The summed E-state index contributed by atoms with van der Waals surface area (Å²) in [6.45, 7) is 5.29. The molecule has 0 saturated carbocycles. The molecule has 2 aliphatic heterocycles. The van der Waals surface area contributed by atoms with E-state index in [1.807, 2.05) is 12.1 Å². The number of carbonyl (C=O) groups is 2. The number of β-amino-alcohol motifs (C(OH)–C–C–N with tert-alkyl or cyclic N) is 1. The number of aliphatic hydroxyl groups is 1. The first kappa shape index (κ1) is 22.5. The molecule has 2 unspecified atom stereocenters. The van der Waals surface area contributed by atoms with Crippen molar-refractivity contribution >= 4 is 11.7 Å². The maximum Gasteiger partial charge on any atom is 0.219 e. The number of ketones is 1. The lowest BCUT2D eigenvalue weighted by Gasteiger charge is -2.30. The van der Waals surface area contributed by atoms with E-state index in [0.717, 1.165) is 32.5 Å². The fourth-order valence-electron chi connectivity index (χ4n) is 4.56. The summed E-state index contributed by atoms with van der Waals surface area (Å²) in [5, 5.41) is 10.5. The minimum Gasteiger partial charge on any atom is -0.489 e. The number of hydrogen-bond acceptors (Lipinski definition) is 5. The quantitative estimate of drug-likeness (QED) is 0.644. The van der Waals surface area contributed by atoms with E-state index < -0.39 is 6.10 Å². The van der Waals surface area contributed by atoms with Gasteiger partial charge in [-0.15, -0.1) is 0 Å². The molecule has 170 valence electrons. The summed E-state index contributed by atoms with van der Waals surface area (Å²) in [4.78, 5) is 28.1. The van der Waals surface area contributed by atoms with Gasteiger partial charge in [0, 0.05) is 51.5 Å². The summed E-state index contributed by atoms with van der Waals surface area (Å²) in [6, 6.07) is 15.6. The Morgan fingerprint density at radius 3 is 2.56 bits per heavy atom. The van der Waals surface area contributed by atoms with E-state index in [9.17, 15) is 14.7 Å². The van der Waals surface area contributed by atoms with Gasteiger partial charge in [0.15, 0.2) is 5.78 Å². The molecule has 2 aromatic rings. The van der Waals surface area contributed by atoms with E-state index >= 15 is 0 Å². The van der Waals surface area contributed by atoms with Gasteiger partial charge in [-0.2, -0.15) is 0 Å². The van der Waals surface area contributed by atoms with E-state index in [-0.39, 0.29) is 17.8 Å². The maximum atomic E-state index is 12.6. The highest BCUT2D eigenvalue weighted by molar-refractivity contribution is 5.96. The molecule has 1 amide bonds. The Kier molecular flexibility index (Phi) is 7.22. The molecule has 0 bridgehead atoms. The van der Waals surface area contributed by atoms with Gasteiger partial charge in [-0.05, 0) is 48.2 Å². The maximum absolute atomic E-state index is 12.6. The third kappa shape index (κ3) is 5.75. The first-order valence-corrected chi connectivity index (χ1v) is 11.5. The molecule has 2 aromatic carbocycles. The van der Waals surface area contributed by atoms with Crippen molar-refractivity contribution in [3.8, 4) is 5.75 Å². The molecule has 2 aliphatic rings. The standard InChI is InChI=1S/C26H32N2O4/c1-19(29)28-15-13-25(18-28)32-24-9-6-21(7-10-24)26(31)11-8-23(30)17-27-14-12-20-4-2-3-5-22(20)16-27/h2-7,9-10,23,25,30H,8,11-18H2,1H3. The summed E-state index contributed by atoms with van der Waals surface area (Å²) >= 11 is 0. The molecule has 0 aromatic heterocycles. The highest BCUT2D eigenvalue weighted by atomic mass is 16.5. The van der Waals surface area contributed by atoms with Crippen molar-refractivity contribution in [3.63, 3.8) is 0 Å². The molecular formula is C26H32N2O4. The molecule has 6 heteroatoms. The molecule has 1 fully saturated rings. The molecule has 0 radical (unpaired) electrons. The molecule has 2 atom stereocenters. The lowest BCUT2D eigenvalue weighted by Crippen LogP contribution is -2.36. The van der Waals surface area contributed by atoms with Crippen LogP contribution >= 0.6 is 0 Å². The lowest BCUT2D eigenvalue weighted by molar-refractivity contribution is -0.128. The van der Waals surface area contributed by atoms with E-state index in [4.69, 9.17) is 4.74 Å². The van der Waals surface area contributed by atoms with Crippen LogP contribution in [0.4, 0.5) is 0 Å². The molecule has 0 aliphatic carbocycles. The Bertz CT molecular complexity index is 943. The third-order valence-electron chi connectivity index (χ3n) is 6.45. The molecular weight excluding hydrogens is 404 g/mol. The Morgan fingerprint density at radius 1 is 1.09 bits per heavy atom. The normalized spacial score (nSPS) is 19.4. The second kappa shape index (κ2) is 10.3. The number of Topliss-reactive ketones (excluding diaryl/α,β-unsaturated/α-hetero) is 1. The van der Waals surface area contributed by atoms with Crippen LogP contribution in [0.2, 0.25) is 0 Å². The molecule has 1 N–H and O–H groups in total. The van der Waals surface area contributed by atoms with Crippen molar-refractivity contribution in [2.45, 2.75) is 51.4 Å². The summed E-state index contributed by atoms with van der Waals surface area (Å²) in [6.07, 6.45) is 2.08. The van der Waals surface area contributed by atoms with E-state index in [2.05, 4.69) is 29.2 Å². The van der Waals surface area contributed by atoms with Crippen molar-refractivity contribution < 1.29 is 19.4 Å². The van der Waals surface area contributed by atoms with E-state index in [0.29, 0.717) is 37.2 Å². The van der Waals surface area contributed by atoms with Crippen LogP contribution in [-0.2, 0) is 17.8 Å². The van der Waals surface area contributed by atoms with Crippen molar-refractivity contribution in [1.29, 1.82) is 0 Å². The fraction of sp³-hybridized carbons (Fsp3) is 0.462. The van der Waals surface area contributed by atoms with Gasteiger partial charge in [0.1, 0.15) is 11.9 Å². The van der Waals surface area contributed by atoms with Crippen molar-refractivity contribution in [3.05, 3.63) is 65.2 Å². The average molecular weight is 437 g/mol. The smallest absolute Gasteiger partial charge is 0.219 e. The number of likely N-dealkylation sites (tertiary alicyclic amines) is 1. The summed E-state index contributed by atoms with van der Waals surface area (Å²) < 4.78 is 5.95. The second-order valence-electron chi connectivity index (χ2n) is 8.89. The van der Waals surface area contributed by atoms with Crippen LogP contribution in [-0.4, -0.2) is 65.0 Å². The van der Waals surface area contributed by atoms with Crippen LogP contribution in [0.15, 0.2) is 48.5 Å². The number of amides is 1. The summed E-state index contributed by atoms with van der Waals surface area (Å²) in [5.74, 6) is 0.815. The van der Waals surface area contributed by atoms with Crippen LogP contribution in [0.1, 0.15) is 47.7 Å². The molecule has 2 heterocycles. The van der Waals surface area contributed by atoms with Crippen LogP contribution in [0.25, 0.3) is 0 Å². The average Bonchev–Trinajstić information content (AvgIpc) is 3.27. The minimum absolute atomic E-state index is 0.00245. The van der Waals surface area contributed by atoms with E-state index in [1.54, 1.807) is 24.0 Å². The Morgan fingerprint density at radius 2 is 1.84 bits per heavy atom. The van der Waals surface area contributed by atoms with Gasteiger partial charge in [-0.3, -0.25) is 14.5 Å². The fourth-order valence-corrected chi connectivity index (χ4v) is 4.56. The van der Waals surface area contributed by atoms with Crippen LogP contribution in [0.5, 0.6) is 5.75 Å². The number of ether oxygens (including phenoxy) is 1. The van der Waals surface area contributed by atoms with Gasteiger partial charge >= 0.3 is 0 Å². The van der Waals surface area contributed by atoms with Crippen LogP contribution in [0, 0.1) is 0 Å². The number of carbonyl (C=O) groups excluding carboxylic acids is 2. The number of rotatable bonds is 8. The highest BCUT2D eigenvalue weighted by Crippen LogP contribution is 2.21. The number of nitrogens with zero attached hydrogens (tertiary/aromatic N) is 2. The van der Waals surface area contributed by atoms with Crippen molar-refractivity contribution in [2.24, 2.45) is 0 Å². The zero-order chi connectivity index (χ0) is 22.5. The first-order valence-electron chi connectivity index (χ1n) is 11.5. The lowest BCUT2D eigenvalue weighted by atomic mass is 9.99. The van der Waals surface area contributed by atoms with Crippen molar-refractivity contribution in [2.75, 3.05) is 26.2 Å². The topological polar surface area (TPSA) is 70.1 Å². The Balaban J connectivity index is 1.21. The van der Waals surface area contributed by atoms with Gasteiger partial charge in [-0.25, -0.2) is 0 Å². The zero-order valence-electron chi connectivity index (χ0n) is 18.7. The first-order chi connectivity index (χ1) is 15.5. The molecule has 6 nitrogen and oxygen atoms in total. The summed E-state index contributed by atoms with van der Waals surface area (Å²) in [7, 11) is 0. The van der Waals surface area contributed by atoms with Gasteiger partial charge < -0.3 is 14.7 Å². The number of benzene rings is 2.